The molecule has 1 fully saturated rings. The molecule has 1 aliphatic heterocycles. The van der Waals surface area contributed by atoms with Gasteiger partial charge in [-0.25, -0.2) is 4.79 Å². The van der Waals surface area contributed by atoms with Crippen molar-refractivity contribution in [1.29, 1.82) is 0 Å². The van der Waals surface area contributed by atoms with Gasteiger partial charge in [0.1, 0.15) is 13.1 Å². The van der Waals surface area contributed by atoms with E-state index in [1.807, 2.05) is 0 Å². The van der Waals surface area contributed by atoms with Gasteiger partial charge < -0.3 is 10.0 Å². The van der Waals surface area contributed by atoms with Crippen LogP contribution in [-0.4, -0.2) is 46.8 Å². The first-order valence-corrected chi connectivity index (χ1v) is 6.09. The molecule has 0 aromatic heterocycles. The van der Waals surface area contributed by atoms with E-state index in [2.05, 4.69) is 5.32 Å². The lowest BCUT2D eigenvalue weighted by Crippen LogP contribution is -2.53. The third-order valence-corrected chi connectivity index (χ3v) is 2.79. The Morgan fingerprint density at radius 2 is 1.86 bits per heavy atom. The first-order chi connectivity index (χ1) is 9.95. The van der Waals surface area contributed by atoms with Crippen LogP contribution >= 0.6 is 0 Å². The van der Waals surface area contributed by atoms with Crippen molar-refractivity contribution in [3.8, 4) is 0 Å². The van der Waals surface area contributed by atoms with Gasteiger partial charge in [-0.1, -0.05) is 12.1 Å². The van der Waals surface area contributed by atoms with Gasteiger partial charge in [-0.2, -0.15) is 0 Å². The average molecular weight is 288 g/mol. The Labute approximate surface area is 119 Å². The molecule has 21 heavy (non-hydrogen) atoms. The highest BCUT2D eigenvalue weighted by Crippen LogP contribution is 2.11. The lowest BCUT2D eigenvalue weighted by atomic mass is 10.1. The van der Waals surface area contributed by atoms with Gasteiger partial charge in [0.25, 0.3) is 5.91 Å². The zero-order chi connectivity index (χ0) is 15.4. The third kappa shape index (κ3) is 3.75. The van der Waals surface area contributed by atoms with Crippen molar-refractivity contribution >= 4 is 29.8 Å². The number of carbonyl (C=O) groups is 4. The maximum Gasteiger partial charge on any atom is 0.328 e. The quantitative estimate of drug-likeness (QED) is 0.596. The summed E-state index contributed by atoms with van der Waals surface area (Å²) in [4.78, 5) is 46.4. The molecule has 0 bridgehead atoms. The molecule has 0 atom stereocenters. The number of piperazine rings is 1. The van der Waals surface area contributed by atoms with Crippen molar-refractivity contribution in [3.05, 3.63) is 41.5 Å². The van der Waals surface area contributed by atoms with Crippen LogP contribution in [0, 0.1) is 0 Å². The summed E-state index contributed by atoms with van der Waals surface area (Å²) in [6.45, 7) is -0.362. The number of benzene rings is 1. The number of carboxylic acids is 1. The van der Waals surface area contributed by atoms with Gasteiger partial charge >= 0.3 is 5.97 Å². The SMILES string of the molecule is O=C(O)C=Cc1cccc(C(=O)N2CC(=O)NC(=O)C2)c1. The summed E-state index contributed by atoms with van der Waals surface area (Å²) in [5, 5.41) is 10.7. The molecule has 1 aromatic carbocycles. The number of imide groups is 1. The van der Waals surface area contributed by atoms with Crippen LogP contribution in [0.5, 0.6) is 0 Å². The van der Waals surface area contributed by atoms with E-state index in [4.69, 9.17) is 5.11 Å². The van der Waals surface area contributed by atoms with Crippen LogP contribution in [0.15, 0.2) is 30.3 Å². The van der Waals surface area contributed by atoms with Crippen LogP contribution in [0.1, 0.15) is 15.9 Å². The molecular weight excluding hydrogens is 276 g/mol. The fourth-order valence-corrected chi connectivity index (χ4v) is 1.91. The minimum Gasteiger partial charge on any atom is -0.478 e. The summed E-state index contributed by atoms with van der Waals surface area (Å²) in [5.41, 5.74) is 0.820. The highest BCUT2D eigenvalue weighted by Gasteiger charge is 2.26. The Hall–Kier alpha value is -2.96. The Kier molecular flexibility index (Phi) is 4.13. The maximum atomic E-state index is 12.2. The van der Waals surface area contributed by atoms with Crippen molar-refractivity contribution in [1.82, 2.24) is 10.2 Å². The number of hydrogen-bond donors (Lipinski definition) is 2. The van der Waals surface area contributed by atoms with E-state index in [0.29, 0.717) is 5.56 Å². The second kappa shape index (κ2) is 6.00. The monoisotopic (exact) mass is 288 g/mol. The van der Waals surface area contributed by atoms with E-state index in [1.54, 1.807) is 12.1 Å². The molecule has 0 spiro atoms. The number of carboxylic acid groups (broad SMARTS) is 1. The first kappa shape index (κ1) is 14.4. The number of nitrogens with zero attached hydrogens (tertiary/aromatic N) is 1. The van der Waals surface area contributed by atoms with Gasteiger partial charge in [0, 0.05) is 11.6 Å². The smallest absolute Gasteiger partial charge is 0.328 e. The molecule has 0 radical (unpaired) electrons. The topological polar surface area (TPSA) is 104 Å². The summed E-state index contributed by atoms with van der Waals surface area (Å²) in [6.07, 6.45) is 2.31. The second-order valence-electron chi connectivity index (χ2n) is 4.43. The van der Waals surface area contributed by atoms with E-state index in [9.17, 15) is 19.2 Å². The lowest BCUT2D eigenvalue weighted by Gasteiger charge is -2.25. The van der Waals surface area contributed by atoms with Crippen LogP contribution in [0.4, 0.5) is 0 Å². The number of amides is 3. The van der Waals surface area contributed by atoms with E-state index >= 15 is 0 Å². The molecule has 1 saturated heterocycles. The van der Waals surface area contributed by atoms with Crippen LogP contribution in [0.2, 0.25) is 0 Å². The normalized spacial score (nSPS) is 15.1. The number of aliphatic carboxylic acids is 1. The zero-order valence-corrected chi connectivity index (χ0v) is 10.9. The molecule has 2 N–H and O–H groups in total. The second-order valence-corrected chi connectivity index (χ2v) is 4.43. The van der Waals surface area contributed by atoms with E-state index in [-0.39, 0.29) is 18.7 Å². The van der Waals surface area contributed by atoms with Gasteiger partial charge in [0.2, 0.25) is 11.8 Å². The van der Waals surface area contributed by atoms with Crippen molar-refractivity contribution in [3.63, 3.8) is 0 Å². The molecule has 1 heterocycles. The van der Waals surface area contributed by atoms with Crippen molar-refractivity contribution in [2.45, 2.75) is 0 Å². The summed E-state index contributed by atoms with van der Waals surface area (Å²) in [6, 6.07) is 6.28. The molecule has 2 rings (SSSR count). The molecule has 3 amide bonds. The molecule has 0 unspecified atom stereocenters. The van der Waals surface area contributed by atoms with Gasteiger partial charge in [-0.15, -0.1) is 0 Å². The van der Waals surface area contributed by atoms with Crippen LogP contribution < -0.4 is 5.32 Å². The van der Waals surface area contributed by atoms with Gasteiger partial charge in [-0.05, 0) is 23.8 Å². The van der Waals surface area contributed by atoms with E-state index in [0.717, 1.165) is 11.0 Å². The Bertz CT molecular complexity index is 635. The minimum absolute atomic E-state index is 0.181. The molecular formula is C14H12N2O5. The fraction of sp³-hybridized carbons (Fsp3) is 0.143. The van der Waals surface area contributed by atoms with Crippen LogP contribution in [0.25, 0.3) is 6.08 Å². The molecule has 7 heteroatoms. The predicted octanol–water partition coefficient (Wildman–Crippen LogP) is -0.117. The number of hydrogen-bond acceptors (Lipinski definition) is 4. The average Bonchev–Trinajstić information content (AvgIpc) is 2.43. The first-order valence-electron chi connectivity index (χ1n) is 6.09. The van der Waals surface area contributed by atoms with Crippen LogP contribution in [0.3, 0.4) is 0 Å². The summed E-state index contributed by atoms with van der Waals surface area (Å²) in [5.74, 6) is -2.60. The molecule has 1 aliphatic rings. The van der Waals surface area contributed by atoms with E-state index < -0.39 is 23.7 Å². The summed E-state index contributed by atoms with van der Waals surface area (Å²) < 4.78 is 0. The van der Waals surface area contributed by atoms with E-state index in [1.165, 1.54) is 18.2 Å². The van der Waals surface area contributed by atoms with Gasteiger partial charge in [0.15, 0.2) is 0 Å². The summed E-state index contributed by atoms with van der Waals surface area (Å²) >= 11 is 0. The Balaban J connectivity index is 2.19. The largest absolute Gasteiger partial charge is 0.478 e. The Morgan fingerprint density at radius 1 is 1.19 bits per heavy atom. The molecule has 1 aromatic rings. The standard InChI is InChI=1S/C14H12N2O5/c17-11-7-16(8-12(18)15-11)14(21)10-3-1-2-9(6-10)4-5-13(19)20/h1-6H,7-8H2,(H,19,20)(H,15,17,18). The zero-order valence-electron chi connectivity index (χ0n) is 10.9. The number of carbonyl (C=O) groups excluding carboxylic acids is 3. The maximum absolute atomic E-state index is 12.2. The van der Waals surface area contributed by atoms with Crippen molar-refractivity contribution < 1.29 is 24.3 Å². The third-order valence-electron chi connectivity index (χ3n) is 2.79. The van der Waals surface area contributed by atoms with Crippen molar-refractivity contribution in [2.75, 3.05) is 13.1 Å². The molecule has 108 valence electrons. The van der Waals surface area contributed by atoms with Crippen molar-refractivity contribution in [2.24, 2.45) is 0 Å². The Morgan fingerprint density at radius 3 is 2.48 bits per heavy atom. The minimum atomic E-state index is -1.09. The molecule has 0 saturated carbocycles. The molecule has 7 nitrogen and oxygen atoms in total. The summed E-state index contributed by atoms with van der Waals surface area (Å²) in [7, 11) is 0. The van der Waals surface area contributed by atoms with Crippen LogP contribution in [-0.2, 0) is 14.4 Å². The van der Waals surface area contributed by atoms with Gasteiger partial charge in [-0.3, -0.25) is 19.7 Å². The lowest BCUT2D eigenvalue weighted by molar-refractivity contribution is -0.135. The predicted molar refractivity (Wildman–Crippen MR) is 72.2 cm³/mol. The fourth-order valence-electron chi connectivity index (χ4n) is 1.91. The highest BCUT2D eigenvalue weighted by molar-refractivity contribution is 6.05. The highest BCUT2D eigenvalue weighted by atomic mass is 16.4. The number of nitrogens with one attached hydrogen (secondary N) is 1. The number of rotatable bonds is 3. The molecule has 0 aliphatic carbocycles. The van der Waals surface area contributed by atoms with Gasteiger partial charge in [0.05, 0.1) is 0 Å².